The second-order valence-electron chi connectivity index (χ2n) is 5.27. The Kier molecular flexibility index (Phi) is 2.76. The number of nitrogens with two attached hydrogens (primary N) is 1. The van der Waals surface area contributed by atoms with E-state index in [-0.39, 0.29) is 5.92 Å². The van der Waals surface area contributed by atoms with Crippen LogP contribution in [-0.4, -0.2) is 5.16 Å². The van der Waals surface area contributed by atoms with Gasteiger partial charge in [0.1, 0.15) is 0 Å². The van der Waals surface area contributed by atoms with Gasteiger partial charge in [0.25, 0.3) is 0 Å². The predicted octanol–water partition coefficient (Wildman–Crippen LogP) is 4.27. The Morgan fingerprint density at radius 2 is 2.00 bits per heavy atom. The van der Waals surface area contributed by atoms with Gasteiger partial charge in [-0.1, -0.05) is 53.2 Å². The number of anilines is 1. The minimum absolute atomic E-state index is 0.222. The van der Waals surface area contributed by atoms with E-state index in [4.69, 9.17) is 21.9 Å². The third-order valence-electron chi connectivity index (χ3n) is 4.03. The van der Waals surface area contributed by atoms with Crippen LogP contribution in [0.15, 0.2) is 53.1 Å². The molecule has 4 heteroatoms. The Morgan fingerprint density at radius 3 is 2.81 bits per heavy atom. The molecular formula is C17H13ClN2O. The highest BCUT2D eigenvalue weighted by Gasteiger charge is 2.33. The van der Waals surface area contributed by atoms with E-state index in [1.165, 1.54) is 11.1 Å². The first-order valence-corrected chi connectivity index (χ1v) is 7.20. The lowest BCUT2D eigenvalue weighted by molar-refractivity contribution is 0.365. The zero-order valence-electron chi connectivity index (χ0n) is 11.2. The molecule has 0 saturated heterocycles. The van der Waals surface area contributed by atoms with Crippen LogP contribution in [0.4, 0.5) is 5.82 Å². The van der Waals surface area contributed by atoms with Crippen LogP contribution in [0.5, 0.6) is 0 Å². The van der Waals surface area contributed by atoms with Crippen molar-refractivity contribution in [1.82, 2.24) is 5.16 Å². The predicted molar refractivity (Wildman–Crippen MR) is 83.4 cm³/mol. The number of hydrogen-bond acceptors (Lipinski definition) is 3. The van der Waals surface area contributed by atoms with E-state index >= 15 is 0 Å². The second-order valence-corrected chi connectivity index (χ2v) is 5.71. The summed E-state index contributed by atoms with van der Waals surface area (Å²) in [4.78, 5) is 0. The van der Waals surface area contributed by atoms with Gasteiger partial charge in [0.2, 0.25) is 0 Å². The normalized spacial score (nSPS) is 16.3. The molecule has 4 rings (SSSR count). The highest BCUT2D eigenvalue weighted by molar-refractivity contribution is 6.30. The molecule has 3 aromatic rings. The highest BCUT2D eigenvalue weighted by atomic mass is 35.5. The lowest BCUT2D eigenvalue weighted by atomic mass is 9.75. The largest absolute Gasteiger partial charge is 0.380 e. The van der Waals surface area contributed by atoms with Gasteiger partial charge >= 0.3 is 0 Å². The molecule has 0 spiro atoms. The smallest absolute Gasteiger partial charge is 0.175 e. The number of halogens is 1. The van der Waals surface area contributed by atoms with Crippen molar-refractivity contribution in [3.8, 4) is 11.1 Å². The van der Waals surface area contributed by atoms with Gasteiger partial charge in [-0.05, 0) is 35.2 Å². The van der Waals surface area contributed by atoms with Crippen LogP contribution >= 0.6 is 11.6 Å². The van der Waals surface area contributed by atoms with Crippen molar-refractivity contribution in [2.45, 2.75) is 12.3 Å². The molecule has 1 aliphatic rings. The van der Waals surface area contributed by atoms with E-state index in [2.05, 4.69) is 23.4 Å². The molecule has 0 fully saturated rings. The zero-order chi connectivity index (χ0) is 14.4. The fourth-order valence-corrected chi connectivity index (χ4v) is 3.17. The van der Waals surface area contributed by atoms with Gasteiger partial charge in [-0.2, -0.15) is 0 Å². The van der Waals surface area contributed by atoms with Crippen molar-refractivity contribution >= 4 is 17.4 Å². The SMILES string of the molecule is Nc1noc(C2Cc3ccccc32)c1-c1cccc(Cl)c1. The maximum absolute atomic E-state index is 6.08. The molecule has 2 N–H and O–H groups in total. The molecule has 104 valence electrons. The molecule has 1 atom stereocenters. The van der Waals surface area contributed by atoms with Gasteiger partial charge in [0.05, 0.1) is 5.56 Å². The molecule has 0 saturated carbocycles. The molecule has 3 nitrogen and oxygen atoms in total. The van der Waals surface area contributed by atoms with Gasteiger partial charge in [-0.25, -0.2) is 0 Å². The maximum Gasteiger partial charge on any atom is 0.175 e. The summed E-state index contributed by atoms with van der Waals surface area (Å²) in [5.41, 5.74) is 10.5. The van der Waals surface area contributed by atoms with Crippen LogP contribution in [0.25, 0.3) is 11.1 Å². The third kappa shape index (κ3) is 1.93. The first kappa shape index (κ1) is 12.5. The first-order valence-electron chi connectivity index (χ1n) is 6.83. The average molecular weight is 297 g/mol. The summed E-state index contributed by atoms with van der Waals surface area (Å²) >= 11 is 6.08. The quantitative estimate of drug-likeness (QED) is 0.768. The summed E-state index contributed by atoms with van der Waals surface area (Å²) in [6, 6.07) is 16.0. The van der Waals surface area contributed by atoms with Crippen LogP contribution in [0.3, 0.4) is 0 Å². The number of nitrogens with zero attached hydrogens (tertiary/aromatic N) is 1. The Hall–Kier alpha value is -2.26. The minimum Gasteiger partial charge on any atom is -0.380 e. The van der Waals surface area contributed by atoms with Gasteiger partial charge in [-0.15, -0.1) is 0 Å². The molecule has 0 bridgehead atoms. The summed E-state index contributed by atoms with van der Waals surface area (Å²) in [5, 5.41) is 4.63. The Balaban J connectivity index is 1.83. The third-order valence-corrected chi connectivity index (χ3v) is 4.26. The van der Waals surface area contributed by atoms with E-state index in [1.54, 1.807) is 0 Å². The number of fused-ring (bicyclic) bond motifs is 1. The van der Waals surface area contributed by atoms with E-state index in [1.807, 2.05) is 30.3 Å². The monoisotopic (exact) mass is 296 g/mol. The van der Waals surface area contributed by atoms with Crippen LogP contribution in [-0.2, 0) is 6.42 Å². The summed E-state index contributed by atoms with van der Waals surface area (Å²) in [5.74, 6) is 1.46. The number of aromatic nitrogens is 1. The number of rotatable bonds is 2. The second kappa shape index (κ2) is 4.64. The van der Waals surface area contributed by atoms with E-state index < -0.39 is 0 Å². The molecule has 1 unspecified atom stereocenters. The fourth-order valence-electron chi connectivity index (χ4n) is 2.98. The van der Waals surface area contributed by atoms with Gasteiger partial charge in [0, 0.05) is 10.9 Å². The van der Waals surface area contributed by atoms with E-state index in [0.717, 1.165) is 23.3 Å². The molecule has 1 aromatic heterocycles. The molecule has 1 aliphatic carbocycles. The number of hydrogen-bond donors (Lipinski definition) is 1. The Morgan fingerprint density at radius 1 is 1.14 bits per heavy atom. The Labute approximate surface area is 127 Å². The molecule has 21 heavy (non-hydrogen) atoms. The van der Waals surface area contributed by atoms with Crippen molar-refractivity contribution in [1.29, 1.82) is 0 Å². The van der Waals surface area contributed by atoms with E-state index in [9.17, 15) is 0 Å². The number of nitrogen functional groups attached to an aromatic ring is 1. The summed E-state index contributed by atoms with van der Waals surface area (Å²) in [6.07, 6.45) is 0.957. The number of benzene rings is 2. The minimum atomic E-state index is 0.222. The standard InChI is InChI=1S/C17H13ClN2O/c18-12-6-3-5-11(8-12)15-16(21-20-17(15)19)14-9-10-4-1-2-7-13(10)14/h1-8,14H,9H2,(H2,19,20). The van der Waals surface area contributed by atoms with Crippen molar-refractivity contribution in [3.63, 3.8) is 0 Å². The topological polar surface area (TPSA) is 52.0 Å². The van der Waals surface area contributed by atoms with Crippen molar-refractivity contribution < 1.29 is 4.52 Å². The van der Waals surface area contributed by atoms with E-state index in [0.29, 0.717) is 10.8 Å². The summed E-state index contributed by atoms with van der Waals surface area (Å²) < 4.78 is 5.53. The molecular weight excluding hydrogens is 284 g/mol. The van der Waals surface area contributed by atoms with Crippen molar-refractivity contribution in [2.75, 3.05) is 5.73 Å². The lowest BCUT2D eigenvalue weighted by Gasteiger charge is -2.28. The molecule has 1 heterocycles. The summed E-state index contributed by atoms with van der Waals surface area (Å²) in [6.45, 7) is 0. The van der Waals surface area contributed by atoms with Gasteiger partial charge in [-0.3, -0.25) is 0 Å². The van der Waals surface area contributed by atoms with Gasteiger partial charge in [0.15, 0.2) is 11.6 Å². The highest BCUT2D eigenvalue weighted by Crippen LogP contribution is 2.45. The first-order chi connectivity index (χ1) is 10.2. The fraction of sp³-hybridized carbons (Fsp3) is 0.118. The lowest BCUT2D eigenvalue weighted by Crippen LogP contribution is -2.18. The average Bonchev–Trinajstić information content (AvgIpc) is 2.82. The van der Waals surface area contributed by atoms with Crippen molar-refractivity contribution in [3.05, 3.63) is 70.4 Å². The molecule has 0 aliphatic heterocycles. The van der Waals surface area contributed by atoms with Crippen LogP contribution < -0.4 is 5.73 Å². The summed E-state index contributed by atoms with van der Waals surface area (Å²) in [7, 11) is 0. The van der Waals surface area contributed by atoms with Crippen LogP contribution in [0.2, 0.25) is 5.02 Å². The molecule has 0 amide bonds. The molecule has 2 aromatic carbocycles. The maximum atomic E-state index is 6.08. The van der Waals surface area contributed by atoms with Crippen molar-refractivity contribution in [2.24, 2.45) is 0 Å². The van der Waals surface area contributed by atoms with Gasteiger partial charge < -0.3 is 10.3 Å². The Bertz CT molecular complexity index is 825. The van der Waals surface area contributed by atoms with Crippen LogP contribution in [0.1, 0.15) is 22.8 Å². The zero-order valence-corrected chi connectivity index (χ0v) is 12.0. The van der Waals surface area contributed by atoms with Crippen LogP contribution in [0, 0.1) is 0 Å². The molecule has 0 radical (unpaired) electrons.